The molecule has 26 heavy (non-hydrogen) atoms. The molecule has 1 amide bonds. The number of carbonyl (C=O) groups is 1. The number of amides is 1. The van der Waals surface area contributed by atoms with Crippen LogP contribution in [0.1, 0.15) is 41.8 Å². The van der Waals surface area contributed by atoms with Gasteiger partial charge in [-0.3, -0.25) is 4.79 Å². The summed E-state index contributed by atoms with van der Waals surface area (Å²) in [4.78, 5) is 19.0. The Hall–Kier alpha value is -2.41. The highest BCUT2D eigenvalue weighted by Crippen LogP contribution is 2.24. The van der Waals surface area contributed by atoms with Crippen molar-refractivity contribution in [2.24, 2.45) is 5.92 Å². The van der Waals surface area contributed by atoms with Crippen molar-refractivity contribution < 1.29 is 14.1 Å². The van der Waals surface area contributed by atoms with Crippen molar-refractivity contribution in [2.45, 2.75) is 33.3 Å². The number of likely N-dealkylation sites (tertiary alicyclic amines) is 1. The van der Waals surface area contributed by atoms with Gasteiger partial charge in [-0.25, -0.2) is 0 Å². The van der Waals surface area contributed by atoms with Gasteiger partial charge in [0.2, 0.25) is 11.7 Å². The quantitative estimate of drug-likeness (QED) is 0.819. The minimum absolute atomic E-state index is 0.0202. The predicted molar refractivity (Wildman–Crippen MR) is 97.0 cm³/mol. The second-order valence-corrected chi connectivity index (χ2v) is 6.56. The molecule has 0 radical (unpaired) electrons. The average molecular weight is 358 g/mol. The van der Waals surface area contributed by atoms with E-state index in [1.165, 1.54) is 0 Å². The van der Waals surface area contributed by atoms with Crippen LogP contribution in [-0.2, 0) is 6.61 Å². The third kappa shape index (κ3) is 4.60. The summed E-state index contributed by atoms with van der Waals surface area (Å²) in [7, 11) is 0. The second kappa shape index (κ2) is 8.80. The summed E-state index contributed by atoms with van der Waals surface area (Å²) in [6.07, 6.45) is 2.06. The van der Waals surface area contributed by atoms with E-state index in [0.29, 0.717) is 28.9 Å². The lowest BCUT2D eigenvalue weighted by atomic mass is 9.96. The number of nitrogens with one attached hydrogen (secondary N) is 1. The normalized spacial score (nSPS) is 15.2. The summed E-state index contributed by atoms with van der Waals surface area (Å²) in [5.41, 5.74) is 0.581. The van der Waals surface area contributed by atoms with Gasteiger partial charge in [-0.15, -0.1) is 0 Å². The van der Waals surface area contributed by atoms with Crippen molar-refractivity contribution in [3.63, 3.8) is 0 Å². The molecule has 1 N–H and O–H groups in total. The van der Waals surface area contributed by atoms with Gasteiger partial charge in [-0.1, -0.05) is 24.2 Å². The Morgan fingerprint density at radius 1 is 1.35 bits per heavy atom. The molecule has 0 saturated carbocycles. The van der Waals surface area contributed by atoms with Gasteiger partial charge in [-0.05, 0) is 44.0 Å². The number of hydrogen-bond donors (Lipinski definition) is 1. The molecule has 7 nitrogen and oxygen atoms in total. The van der Waals surface area contributed by atoms with Crippen molar-refractivity contribution in [2.75, 3.05) is 26.2 Å². The first-order chi connectivity index (χ1) is 12.7. The van der Waals surface area contributed by atoms with Gasteiger partial charge < -0.3 is 19.5 Å². The number of nitrogens with zero attached hydrogens (tertiary/aromatic N) is 3. The maximum Gasteiger partial charge on any atom is 0.257 e. The molecule has 2 aromatic rings. The molecule has 0 unspecified atom stereocenters. The van der Waals surface area contributed by atoms with E-state index >= 15 is 0 Å². The van der Waals surface area contributed by atoms with Gasteiger partial charge in [0.25, 0.3) is 5.91 Å². The first kappa shape index (κ1) is 18.4. The van der Waals surface area contributed by atoms with Crippen LogP contribution in [0.15, 0.2) is 28.8 Å². The lowest BCUT2D eigenvalue weighted by Gasteiger charge is -2.32. The van der Waals surface area contributed by atoms with Crippen LogP contribution < -0.4 is 10.1 Å². The summed E-state index contributed by atoms with van der Waals surface area (Å²) < 4.78 is 10.7. The highest BCUT2D eigenvalue weighted by molar-refractivity contribution is 5.97. The summed E-state index contributed by atoms with van der Waals surface area (Å²) in [6.45, 7) is 7.61. The number of rotatable bonds is 7. The Morgan fingerprint density at radius 2 is 2.12 bits per heavy atom. The molecule has 0 spiro atoms. The summed E-state index contributed by atoms with van der Waals surface area (Å²) in [5.74, 6) is 2.18. The van der Waals surface area contributed by atoms with E-state index in [-0.39, 0.29) is 12.5 Å². The molecular formula is C19H26N4O3. The number of aromatic nitrogens is 2. The molecule has 3 rings (SSSR count). The van der Waals surface area contributed by atoms with Crippen molar-refractivity contribution >= 4 is 5.91 Å². The Labute approximate surface area is 153 Å². The minimum atomic E-state index is 0.0202. The number of para-hydroxylation sites is 1. The highest BCUT2D eigenvalue weighted by atomic mass is 16.5. The van der Waals surface area contributed by atoms with Crippen LogP contribution in [-0.4, -0.2) is 47.1 Å². The van der Waals surface area contributed by atoms with Gasteiger partial charge in [-0.2, -0.15) is 4.98 Å². The Bertz CT molecular complexity index is 723. The number of ether oxygens (including phenoxy) is 1. The molecule has 1 fully saturated rings. The second-order valence-electron chi connectivity index (χ2n) is 6.56. The number of benzene rings is 1. The van der Waals surface area contributed by atoms with Crippen LogP contribution in [0, 0.1) is 12.8 Å². The molecule has 0 atom stereocenters. The van der Waals surface area contributed by atoms with Gasteiger partial charge in [0.05, 0.1) is 5.56 Å². The van der Waals surface area contributed by atoms with Gasteiger partial charge in [0.1, 0.15) is 5.75 Å². The molecule has 1 aromatic heterocycles. The molecule has 0 bridgehead atoms. The zero-order valence-corrected chi connectivity index (χ0v) is 15.4. The fourth-order valence-electron chi connectivity index (χ4n) is 3.17. The largest absolute Gasteiger partial charge is 0.485 e. The zero-order chi connectivity index (χ0) is 18.4. The van der Waals surface area contributed by atoms with E-state index in [4.69, 9.17) is 9.26 Å². The van der Waals surface area contributed by atoms with E-state index in [9.17, 15) is 4.79 Å². The monoisotopic (exact) mass is 358 g/mol. The van der Waals surface area contributed by atoms with Crippen molar-refractivity contribution in [3.05, 3.63) is 41.5 Å². The fraction of sp³-hybridized carbons (Fsp3) is 0.526. The van der Waals surface area contributed by atoms with Gasteiger partial charge in [0.15, 0.2) is 6.61 Å². The van der Waals surface area contributed by atoms with Crippen molar-refractivity contribution in [3.8, 4) is 5.75 Å². The standard InChI is InChI=1S/C19H26N4O3/c1-3-20-12-15-8-10-23(11-9-15)19(24)16-6-4-5-7-17(16)25-13-18-21-14(2)26-22-18/h4-7,15,20H,3,8-13H2,1-2H3. The Morgan fingerprint density at radius 3 is 2.81 bits per heavy atom. The van der Waals surface area contributed by atoms with Crippen molar-refractivity contribution in [1.82, 2.24) is 20.4 Å². The zero-order valence-electron chi connectivity index (χ0n) is 15.4. The van der Waals surface area contributed by atoms with Crippen LogP contribution in [0.4, 0.5) is 0 Å². The molecular weight excluding hydrogens is 332 g/mol. The first-order valence-corrected chi connectivity index (χ1v) is 9.18. The Kier molecular flexibility index (Phi) is 6.22. The van der Waals surface area contributed by atoms with Crippen LogP contribution >= 0.6 is 0 Å². The summed E-state index contributed by atoms with van der Waals surface area (Å²) in [6, 6.07) is 7.33. The molecule has 7 heteroatoms. The van der Waals surface area contributed by atoms with E-state index < -0.39 is 0 Å². The average Bonchev–Trinajstić information content (AvgIpc) is 3.10. The predicted octanol–water partition coefficient (Wildman–Crippen LogP) is 2.42. The molecule has 2 heterocycles. The van der Waals surface area contributed by atoms with E-state index in [1.807, 2.05) is 23.1 Å². The molecule has 1 saturated heterocycles. The van der Waals surface area contributed by atoms with Crippen LogP contribution in [0.3, 0.4) is 0 Å². The third-order valence-electron chi connectivity index (χ3n) is 4.63. The minimum Gasteiger partial charge on any atom is -0.485 e. The molecule has 0 aliphatic carbocycles. The third-order valence-corrected chi connectivity index (χ3v) is 4.63. The number of piperidine rings is 1. The maximum absolute atomic E-state index is 12.9. The van der Waals surface area contributed by atoms with Crippen LogP contribution in [0.25, 0.3) is 0 Å². The molecule has 1 aromatic carbocycles. The molecule has 1 aliphatic heterocycles. The highest BCUT2D eigenvalue weighted by Gasteiger charge is 2.25. The topological polar surface area (TPSA) is 80.5 Å². The van der Waals surface area contributed by atoms with Crippen LogP contribution in [0.5, 0.6) is 5.75 Å². The van der Waals surface area contributed by atoms with E-state index in [0.717, 1.165) is 39.0 Å². The SMILES string of the molecule is CCNCC1CCN(C(=O)c2ccccc2OCc2noc(C)n2)CC1. The number of aryl methyl sites for hydroxylation is 1. The van der Waals surface area contributed by atoms with Crippen molar-refractivity contribution in [1.29, 1.82) is 0 Å². The lowest BCUT2D eigenvalue weighted by molar-refractivity contribution is 0.0685. The number of carbonyl (C=O) groups excluding carboxylic acids is 1. The summed E-state index contributed by atoms with van der Waals surface area (Å²) >= 11 is 0. The molecule has 140 valence electrons. The summed E-state index contributed by atoms with van der Waals surface area (Å²) in [5, 5.41) is 7.21. The van der Waals surface area contributed by atoms with Gasteiger partial charge in [0, 0.05) is 20.0 Å². The smallest absolute Gasteiger partial charge is 0.257 e. The Balaban J connectivity index is 1.61. The lowest BCUT2D eigenvalue weighted by Crippen LogP contribution is -2.40. The van der Waals surface area contributed by atoms with E-state index in [2.05, 4.69) is 22.4 Å². The van der Waals surface area contributed by atoms with Crippen LogP contribution in [0.2, 0.25) is 0 Å². The first-order valence-electron chi connectivity index (χ1n) is 9.18. The fourth-order valence-corrected chi connectivity index (χ4v) is 3.17. The molecule has 1 aliphatic rings. The number of hydrogen-bond acceptors (Lipinski definition) is 6. The van der Waals surface area contributed by atoms with E-state index in [1.54, 1.807) is 13.0 Å². The maximum atomic E-state index is 12.9. The van der Waals surface area contributed by atoms with Gasteiger partial charge >= 0.3 is 0 Å².